The van der Waals surface area contributed by atoms with Crippen LogP contribution in [0.3, 0.4) is 0 Å². The van der Waals surface area contributed by atoms with Crippen LogP contribution in [-0.2, 0) is 4.79 Å². The average molecular weight is 250 g/mol. The second kappa shape index (κ2) is 7.17. The van der Waals surface area contributed by atoms with E-state index in [9.17, 15) is 9.90 Å². The first kappa shape index (κ1) is 14.7. The Labute approximate surface area is 108 Å². The van der Waals surface area contributed by atoms with Crippen molar-refractivity contribution in [1.82, 2.24) is 0 Å². The number of benzene rings is 1. The molecular weight excluding hydrogens is 228 g/mol. The number of carboxylic acid groups (broad SMARTS) is 1. The minimum absolute atomic E-state index is 0.113. The van der Waals surface area contributed by atoms with E-state index in [1.807, 2.05) is 24.3 Å². The predicted molar refractivity (Wildman–Crippen MR) is 71.6 cm³/mol. The quantitative estimate of drug-likeness (QED) is 0.778. The molecule has 3 nitrogen and oxygen atoms in total. The van der Waals surface area contributed by atoms with Gasteiger partial charge in [-0.1, -0.05) is 38.1 Å². The van der Waals surface area contributed by atoms with Gasteiger partial charge in [-0.05, 0) is 36.3 Å². The Bertz CT molecular complexity index is 370. The Morgan fingerprint density at radius 3 is 2.28 bits per heavy atom. The van der Waals surface area contributed by atoms with E-state index in [2.05, 4.69) is 13.8 Å². The van der Waals surface area contributed by atoms with Crippen LogP contribution in [0.15, 0.2) is 24.3 Å². The molecule has 0 aliphatic rings. The summed E-state index contributed by atoms with van der Waals surface area (Å²) >= 11 is 0. The summed E-state index contributed by atoms with van der Waals surface area (Å²) in [5, 5.41) is 18.5. The minimum atomic E-state index is -0.811. The van der Waals surface area contributed by atoms with Gasteiger partial charge in [0.2, 0.25) is 0 Å². The van der Waals surface area contributed by atoms with Gasteiger partial charge in [0, 0.05) is 6.42 Å². The lowest BCUT2D eigenvalue weighted by molar-refractivity contribution is -0.137. The topological polar surface area (TPSA) is 57.5 Å². The highest BCUT2D eigenvalue weighted by Gasteiger charge is 2.09. The van der Waals surface area contributed by atoms with E-state index >= 15 is 0 Å². The number of rotatable bonds is 7. The van der Waals surface area contributed by atoms with E-state index in [4.69, 9.17) is 5.11 Å². The van der Waals surface area contributed by atoms with Crippen molar-refractivity contribution in [1.29, 1.82) is 0 Å². The number of carbonyl (C=O) groups is 1. The molecule has 0 saturated carbocycles. The maximum Gasteiger partial charge on any atom is 0.303 e. The van der Waals surface area contributed by atoms with Crippen molar-refractivity contribution in [2.45, 2.75) is 51.6 Å². The van der Waals surface area contributed by atoms with E-state index in [0.717, 1.165) is 12.0 Å². The Kier molecular flexibility index (Phi) is 5.86. The van der Waals surface area contributed by atoms with Crippen molar-refractivity contribution >= 4 is 5.97 Å². The molecule has 0 aromatic heterocycles. The van der Waals surface area contributed by atoms with Crippen LogP contribution < -0.4 is 0 Å². The number of hydrogen-bond donors (Lipinski definition) is 2. The highest BCUT2D eigenvalue weighted by Crippen LogP contribution is 2.23. The van der Waals surface area contributed by atoms with Crippen molar-refractivity contribution in [3.63, 3.8) is 0 Å². The zero-order valence-electron chi connectivity index (χ0n) is 11.1. The Morgan fingerprint density at radius 1 is 1.22 bits per heavy atom. The number of aliphatic carboxylic acids is 1. The van der Waals surface area contributed by atoms with Crippen LogP contribution in [0, 0.1) is 0 Å². The van der Waals surface area contributed by atoms with Gasteiger partial charge in [-0.3, -0.25) is 4.79 Å². The zero-order valence-corrected chi connectivity index (χ0v) is 11.1. The molecule has 0 radical (unpaired) electrons. The first-order chi connectivity index (χ1) is 8.54. The standard InChI is InChI=1S/C15H22O3/c1-3-11(2)12-7-9-13(10-8-12)14(16)5-4-6-15(17)18/h7-11,14,16H,3-6H2,1-2H3,(H,17,18)/t11?,14-/m0/s1. The SMILES string of the molecule is CCC(C)c1ccc([C@@H](O)CCCC(=O)O)cc1. The fourth-order valence-electron chi connectivity index (χ4n) is 1.90. The van der Waals surface area contributed by atoms with Crippen LogP contribution in [0.1, 0.15) is 62.7 Å². The lowest BCUT2D eigenvalue weighted by atomic mass is 9.95. The molecule has 2 atom stereocenters. The lowest BCUT2D eigenvalue weighted by Crippen LogP contribution is -2.01. The molecule has 0 aliphatic carbocycles. The summed E-state index contributed by atoms with van der Waals surface area (Å²) in [4.78, 5) is 10.4. The second-order valence-electron chi connectivity index (χ2n) is 4.78. The van der Waals surface area contributed by atoms with Crippen molar-refractivity contribution in [3.05, 3.63) is 35.4 Å². The molecule has 1 aromatic rings. The number of carboxylic acids is 1. The van der Waals surface area contributed by atoms with Crippen LogP contribution in [0.4, 0.5) is 0 Å². The maximum absolute atomic E-state index is 10.4. The Balaban J connectivity index is 2.53. The van der Waals surface area contributed by atoms with Gasteiger partial charge in [0.15, 0.2) is 0 Å². The van der Waals surface area contributed by atoms with Gasteiger partial charge in [-0.25, -0.2) is 0 Å². The number of aliphatic hydroxyl groups is 1. The molecule has 1 rings (SSSR count). The van der Waals surface area contributed by atoms with E-state index in [1.165, 1.54) is 5.56 Å². The van der Waals surface area contributed by atoms with Gasteiger partial charge < -0.3 is 10.2 Å². The first-order valence-corrected chi connectivity index (χ1v) is 6.54. The molecule has 2 N–H and O–H groups in total. The Hall–Kier alpha value is -1.35. The van der Waals surface area contributed by atoms with Crippen molar-refractivity contribution in [2.75, 3.05) is 0 Å². The van der Waals surface area contributed by atoms with Crippen LogP contribution in [0.5, 0.6) is 0 Å². The maximum atomic E-state index is 10.4. The lowest BCUT2D eigenvalue weighted by Gasteiger charge is -2.13. The van der Waals surface area contributed by atoms with Crippen LogP contribution in [0.2, 0.25) is 0 Å². The van der Waals surface area contributed by atoms with Gasteiger partial charge in [0.05, 0.1) is 6.10 Å². The van der Waals surface area contributed by atoms with Crippen molar-refractivity contribution in [3.8, 4) is 0 Å². The molecular formula is C15H22O3. The molecule has 18 heavy (non-hydrogen) atoms. The summed E-state index contributed by atoms with van der Waals surface area (Å²) in [7, 11) is 0. The largest absolute Gasteiger partial charge is 0.481 e. The predicted octanol–water partition coefficient (Wildman–Crippen LogP) is 3.49. The van der Waals surface area contributed by atoms with Gasteiger partial charge in [0.1, 0.15) is 0 Å². The summed E-state index contributed by atoms with van der Waals surface area (Å²) in [5.74, 6) is -0.280. The summed E-state index contributed by atoms with van der Waals surface area (Å²) in [6.07, 6.45) is 1.65. The molecule has 1 unspecified atom stereocenters. The third-order valence-corrected chi connectivity index (χ3v) is 3.37. The monoisotopic (exact) mass is 250 g/mol. The minimum Gasteiger partial charge on any atom is -0.481 e. The first-order valence-electron chi connectivity index (χ1n) is 6.54. The highest BCUT2D eigenvalue weighted by atomic mass is 16.4. The third kappa shape index (κ3) is 4.49. The molecule has 0 heterocycles. The van der Waals surface area contributed by atoms with E-state index in [1.54, 1.807) is 0 Å². The molecule has 0 fully saturated rings. The molecule has 0 bridgehead atoms. The second-order valence-corrected chi connectivity index (χ2v) is 4.78. The summed E-state index contributed by atoms with van der Waals surface area (Å²) < 4.78 is 0. The van der Waals surface area contributed by atoms with Gasteiger partial charge >= 0.3 is 5.97 Å². The number of aliphatic hydroxyl groups excluding tert-OH is 1. The van der Waals surface area contributed by atoms with Crippen LogP contribution >= 0.6 is 0 Å². The van der Waals surface area contributed by atoms with Gasteiger partial charge in [-0.2, -0.15) is 0 Å². The van der Waals surface area contributed by atoms with E-state index < -0.39 is 12.1 Å². The average Bonchev–Trinajstić information content (AvgIpc) is 2.37. The summed E-state index contributed by atoms with van der Waals surface area (Å²) in [6, 6.07) is 7.97. The normalized spacial score (nSPS) is 14.2. The third-order valence-electron chi connectivity index (χ3n) is 3.37. The van der Waals surface area contributed by atoms with Crippen LogP contribution in [0.25, 0.3) is 0 Å². The van der Waals surface area contributed by atoms with Gasteiger partial charge in [0.25, 0.3) is 0 Å². The molecule has 100 valence electrons. The van der Waals surface area contributed by atoms with Crippen molar-refractivity contribution < 1.29 is 15.0 Å². The van der Waals surface area contributed by atoms with E-state index in [-0.39, 0.29) is 6.42 Å². The summed E-state index contributed by atoms with van der Waals surface area (Å²) in [5.41, 5.74) is 2.14. The summed E-state index contributed by atoms with van der Waals surface area (Å²) in [6.45, 7) is 4.33. The smallest absolute Gasteiger partial charge is 0.303 e. The fourth-order valence-corrected chi connectivity index (χ4v) is 1.90. The fraction of sp³-hybridized carbons (Fsp3) is 0.533. The zero-order chi connectivity index (χ0) is 13.5. The molecule has 0 saturated heterocycles. The number of hydrogen-bond acceptors (Lipinski definition) is 2. The molecule has 1 aromatic carbocycles. The van der Waals surface area contributed by atoms with Crippen molar-refractivity contribution in [2.24, 2.45) is 0 Å². The highest BCUT2D eigenvalue weighted by molar-refractivity contribution is 5.66. The molecule has 0 amide bonds. The molecule has 0 spiro atoms. The molecule has 3 heteroatoms. The van der Waals surface area contributed by atoms with Crippen LogP contribution in [-0.4, -0.2) is 16.2 Å². The van der Waals surface area contributed by atoms with Gasteiger partial charge in [-0.15, -0.1) is 0 Å². The Morgan fingerprint density at radius 2 is 1.78 bits per heavy atom. The molecule has 0 aliphatic heterocycles. The van der Waals surface area contributed by atoms with E-state index in [0.29, 0.717) is 18.8 Å².